The number of hydroxylamine groups is 3. The zero-order valence-corrected chi connectivity index (χ0v) is 19.9. The van der Waals surface area contributed by atoms with E-state index in [1.807, 2.05) is 30.3 Å². The Morgan fingerprint density at radius 1 is 1.06 bits per heavy atom. The number of pyridine rings is 1. The third-order valence-electron chi connectivity index (χ3n) is 5.14. The predicted octanol–water partition coefficient (Wildman–Crippen LogP) is 5.16. The summed E-state index contributed by atoms with van der Waals surface area (Å²) in [6, 6.07) is 15.8. The van der Waals surface area contributed by atoms with Gasteiger partial charge in [-0.2, -0.15) is 4.73 Å². The van der Waals surface area contributed by atoms with Gasteiger partial charge in [0, 0.05) is 46.2 Å². The van der Waals surface area contributed by atoms with Crippen LogP contribution in [0.1, 0.15) is 17.9 Å². The van der Waals surface area contributed by atoms with Crippen LogP contribution in [0.3, 0.4) is 0 Å². The Morgan fingerprint density at radius 2 is 1.73 bits per heavy atom. The van der Waals surface area contributed by atoms with E-state index in [1.54, 1.807) is 38.4 Å². The van der Waals surface area contributed by atoms with Crippen LogP contribution in [0, 0.1) is 10.4 Å². The van der Waals surface area contributed by atoms with Crippen molar-refractivity contribution in [3.05, 3.63) is 93.0 Å². The van der Waals surface area contributed by atoms with Crippen molar-refractivity contribution in [2.45, 2.75) is 12.3 Å². The minimum Gasteiger partial charge on any atom is -0.633 e. The van der Waals surface area contributed by atoms with Crippen LogP contribution in [0.25, 0.3) is 11.1 Å². The van der Waals surface area contributed by atoms with E-state index < -0.39 is 10.7 Å². The van der Waals surface area contributed by atoms with E-state index in [4.69, 9.17) is 23.2 Å². The minimum absolute atomic E-state index is 0.0701. The Balaban J connectivity index is 1.70. The fraction of sp³-hybridized carbons (Fsp3) is 0.250. The molecule has 7 nitrogen and oxygen atoms in total. The lowest BCUT2D eigenvalue weighted by atomic mass is 9.93. The van der Waals surface area contributed by atoms with E-state index in [9.17, 15) is 15.2 Å². The lowest BCUT2D eigenvalue weighted by Gasteiger charge is -2.35. The molecule has 0 spiro atoms. The number of halogens is 2. The minimum atomic E-state index is -0.421. The number of anilines is 1. The Bertz CT molecular complexity index is 1080. The molecule has 0 aliphatic heterocycles. The Kier molecular flexibility index (Phi) is 8.15. The highest BCUT2D eigenvalue weighted by Gasteiger charge is 2.17. The molecule has 3 aromatic rings. The van der Waals surface area contributed by atoms with E-state index in [2.05, 4.69) is 10.6 Å². The molecule has 174 valence electrons. The molecule has 0 fully saturated rings. The average Bonchev–Trinajstić information content (AvgIpc) is 2.72. The second kappa shape index (κ2) is 10.9. The van der Waals surface area contributed by atoms with E-state index in [0.29, 0.717) is 35.2 Å². The molecule has 3 rings (SSSR count). The first-order chi connectivity index (χ1) is 15.6. The van der Waals surface area contributed by atoms with Gasteiger partial charge in [0.1, 0.15) is 0 Å². The summed E-state index contributed by atoms with van der Waals surface area (Å²) in [6.45, 7) is 0.736. The quantitative estimate of drug-likeness (QED) is 0.198. The summed E-state index contributed by atoms with van der Waals surface area (Å²) in [5.74, 6) is -0.0701. The van der Waals surface area contributed by atoms with Crippen LogP contribution in [-0.4, -0.2) is 37.9 Å². The van der Waals surface area contributed by atoms with Gasteiger partial charge in [0.15, 0.2) is 12.4 Å². The van der Waals surface area contributed by atoms with Gasteiger partial charge in [0.25, 0.3) is 0 Å². The fourth-order valence-corrected chi connectivity index (χ4v) is 3.97. The molecule has 0 bridgehead atoms. The van der Waals surface area contributed by atoms with Gasteiger partial charge in [0.2, 0.25) is 0 Å². The maximum absolute atomic E-state index is 12.4. The maximum Gasteiger partial charge on any atom is 0.319 e. The molecule has 1 heterocycles. The molecule has 0 radical (unpaired) electrons. The molecule has 2 N–H and O–H groups in total. The number of nitrogens with zero attached hydrogens (tertiary/aromatic N) is 2. The highest BCUT2D eigenvalue weighted by Crippen LogP contribution is 2.25. The maximum atomic E-state index is 12.4. The second-order valence-corrected chi connectivity index (χ2v) is 9.22. The summed E-state index contributed by atoms with van der Waals surface area (Å²) in [6.07, 6.45) is 3.54. The van der Waals surface area contributed by atoms with Crippen molar-refractivity contribution in [3.8, 4) is 11.1 Å². The van der Waals surface area contributed by atoms with Crippen molar-refractivity contribution in [2.75, 3.05) is 32.5 Å². The standard InChI is InChI=1S/C24H26Cl2N4O3/c1-30(2,33)11-9-19(15-27-24(31)28-23-13-21(25)12-22(26)14-23)17-5-7-18(8-6-17)20-4-3-10-29(32)16-20/h3-8,10,12-14,16,19H,9,11,15H2,1-2H3,(H2,27,28,31). The number of urea groups is 1. The molecule has 1 atom stereocenters. The number of carbonyl (C=O) groups is 1. The van der Waals surface area contributed by atoms with Crippen LogP contribution in [0.4, 0.5) is 10.5 Å². The van der Waals surface area contributed by atoms with Crippen LogP contribution in [0.2, 0.25) is 10.0 Å². The molecule has 1 unspecified atom stereocenters. The van der Waals surface area contributed by atoms with Crippen molar-refractivity contribution in [1.29, 1.82) is 0 Å². The first kappa shape index (κ1) is 24.8. The van der Waals surface area contributed by atoms with Gasteiger partial charge in [-0.15, -0.1) is 0 Å². The highest BCUT2D eigenvalue weighted by atomic mass is 35.5. The normalized spacial score (nSPS) is 12.3. The number of aromatic nitrogens is 1. The predicted molar refractivity (Wildman–Crippen MR) is 132 cm³/mol. The Hall–Kier alpha value is -2.84. The summed E-state index contributed by atoms with van der Waals surface area (Å²) in [5, 5.41) is 30.1. The zero-order chi connectivity index (χ0) is 24.0. The fourth-order valence-electron chi connectivity index (χ4n) is 3.44. The largest absolute Gasteiger partial charge is 0.633 e. The SMILES string of the molecule is C[N+](C)([O-])CCC(CNC(=O)Nc1cc(Cl)cc(Cl)c1)c1ccc(-c2ccc[n+]([O-])c2)cc1. The first-order valence-electron chi connectivity index (χ1n) is 10.4. The number of quaternary nitrogens is 1. The van der Waals surface area contributed by atoms with Gasteiger partial charge in [-0.1, -0.05) is 47.5 Å². The van der Waals surface area contributed by atoms with Gasteiger partial charge in [-0.05, 0) is 35.4 Å². The van der Waals surface area contributed by atoms with Crippen LogP contribution >= 0.6 is 23.2 Å². The van der Waals surface area contributed by atoms with Gasteiger partial charge < -0.3 is 25.7 Å². The molecule has 0 saturated heterocycles. The molecule has 2 aromatic carbocycles. The molecule has 0 saturated carbocycles. The van der Waals surface area contributed by atoms with Gasteiger partial charge >= 0.3 is 6.03 Å². The van der Waals surface area contributed by atoms with Crippen LogP contribution in [-0.2, 0) is 0 Å². The molecule has 9 heteroatoms. The topological polar surface area (TPSA) is 91.1 Å². The molecule has 1 aromatic heterocycles. The molecule has 0 aliphatic carbocycles. The Labute approximate surface area is 203 Å². The monoisotopic (exact) mass is 488 g/mol. The summed E-state index contributed by atoms with van der Waals surface area (Å²) < 4.78 is 0.339. The van der Waals surface area contributed by atoms with Crippen molar-refractivity contribution in [2.24, 2.45) is 0 Å². The summed E-state index contributed by atoms with van der Waals surface area (Å²) in [5.41, 5.74) is 3.20. The van der Waals surface area contributed by atoms with Crippen molar-refractivity contribution < 1.29 is 14.2 Å². The first-order valence-corrected chi connectivity index (χ1v) is 11.2. The number of hydrogen-bond donors (Lipinski definition) is 2. The molecular formula is C24H26Cl2N4O3. The summed E-state index contributed by atoms with van der Waals surface area (Å²) in [4.78, 5) is 12.4. The van der Waals surface area contributed by atoms with E-state index in [0.717, 1.165) is 21.4 Å². The van der Waals surface area contributed by atoms with Crippen LogP contribution in [0.5, 0.6) is 0 Å². The van der Waals surface area contributed by atoms with Gasteiger partial charge in [-0.25, -0.2) is 4.79 Å². The van der Waals surface area contributed by atoms with E-state index in [1.165, 1.54) is 12.4 Å². The highest BCUT2D eigenvalue weighted by molar-refractivity contribution is 6.35. The van der Waals surface area contributed by atoms with Crippen molar-refractivity contribution in [1.82, 2.24) is 5.32 Å². The van der Waals surface area contributed by atoms with E-state index in [-0.39, 0.29) is 5.92 Å². The number of carbonyl (C=O) groups excluding carboxylic acids is 1. The average molecular weight is 489 g/mol. The van der Waals surface area contributed by atoms with Crippen molar-refractivity contribution >= 4 is 34.9 Å². The number of nitrogens with one attached hydrogen (secondary N) is 2. The summed E-state index contributed by atoms with van der Waals surface area (Å²) in [7, 11) is 3.19. The van der Waals surface area contributed by atoms with Gasteiger partial charge in [0.05, 0.1) is 20.6 Å². The number of rotatable bonds is 8. The van der Waals surface area contributed by atoms with Gasteiger partial charge in [-0.3, -0.25) is 0 Å². The lowest BCUT2D eigenvalue weighted by Crippen LogP contribution is -2.37. The van der Waals surface area contributed by atoms with Crippen molar-refractivity contribution in [3.63, 3.8) is 0 Å². The number of benzene rings is 2. The third kappa shape index (κ3) is 7.91. The number of amides is 2. The third-order valence-corrected chi connectivity index (χ3v) is 5.57. The van der Waals surface area contributed by atoms with Crippen LogP contribution < -0.4 is 15.4 Å². The second-order valence-electron chi connectivity index (χ2n) is 8.35. The zero-order valence-electron chi connectivity index (χ0n) is 18.4. The molecule has 33 heavy (non-hydrogen) atoms. The molecule has 2 amide bonds. The molecular weight excluding hydrogens is 463 g/mol. The number of hydrogen-bond acceptors (Lipinski definition) is 3. The smallest absolute Gasteiger partial charge is 0.319 e. The van der Waals surface area contributed by atoms with Crippen LogP contribution in [0.15, 0.2) is 67.0 Å². The molecule has 0 aliphatic rings. The summed E-state index contributed by atoms with van der Waals surface area (Å²) >= 11 is 12.0. The Morgan fingerprint density at radius 3 is 2.33 bits per heavy atom. The lowest BCUT2D eigenvalue weighted by molar-refractivity contribution is -0.840. The van der Waals surface area contributed by atoms with E-state index >= 15 is 0 Å².